The Bertz CT molecular complexity index is 256. The quantitative estimate of drug-likeness (QED) is 0.308. The third-order valence-corrected chi connectivity index (χ3v) is 3.85. The van der Waals surface area contributed by atoms with E-state index in [2.05, 4.69) is 6.92 Å². The molecule has 2 nitrogen and oxygen atoms in total. The average molecular weight is 282 g/mol. The van der Waals surface area contributed by atoms with Crippen LogP contribution in [0.15, 0.2) is 11.6 Å². The van der Waals surface area contributed by atoms with Gasteiger partial charge in [0.1, 0.15) is 0 Å². The van der Waals surface area contributed by atoms with Gasteiger partial charge in [0, 0.05) is 5.57 Å². The first-order valence-electron chi connectivity index (χ1n) is 8.58. The lowest BCUT2D eigenvalue weighted by Crippen LogP contribution is -1.95. The summed E-state index contributed by atoms with van der Waals surface area (Å²) in [6.45, 7) is 3.93. The molecule has 0 aliphatic heterocycles. The second kappa shape index (κ2) is 14.6. The van der Waals surface area contributed by atoms with Gasteiger partial charge < -0.3 is 5.11 Å². The molecule has 0 heterocycles. The van der Waals surface area contributed by atoms with Crippen molar-refractivity contribution in [2.75, 3.05) is 0 Å². The third-order valence-electron chi connectivity index (χ3n) is 3.85. The van der Waals surface area contributed by atoms with Gasteiger partial charge >= 0.3 is 5.97 Å². The molecule has 0 unspecified atom stereocenters. The molecule has 0 radical (unpaired) electrons. The fourth-order valence-electron chi connectivity index (χ4n) is 2.39. The van der Waals surface area contributed by atoms with Gasteiger partial charge in [0.2, 0.25) is 0 Å². The van der Waals surface area contributed by atoms with Crippen molar-refractivity contribution in [1.29, 1.82) is 0 Å². The first kappa shape index (κ1) is 19.2. The summed E-state index contributed by atoms with van der Waals surface area (Å²) in [4.78, 5) is 10.6. The molecule has 0 saturated carbocycles. The van der Waals surface area contributed by atoms with Crippen molar-refractivity contribution in [3.8, 4) is 0 Å². The summed E-state index contributed by atoms with van der Waals surface area (Å²) < 4.78 is 0. The van der Waals surface area contributed by atoms with Crippen LogP contribution in [0.2, 0.25) is 0 Å². The third kappa shape index (κ3) is 13.6. The van der Waals surface area contributed by atoms with E-state index < -0.39 is 5.97 Å². The van der Waals surface area contributed by atoms with Crippen molar-refractivity contribution >= 4 is 5.97 Å². The van der Waals surface area contributed by atoms with Crippen LogP contribution in [0.5, 0.6) is 0 Å². The molecule has 2 heteroatoms. The van der Waals surface area contributed by atoms with Crippen LogP contribution in [-0.2, 0) is 4.79 Å². The first-order chi connectivity index (χ1) is 9.68. The summed E-state index contributed by atoms with van der Waals surface area (Å²) >= 11 is 0. The van der Waals surface area contributed by atoms with Gasteiger partial charge in [0.05, 0.1) is 0 Å². The summed E-state index contributed by atoms with van der Waals surface area (Å²) in [6, 6.07) is 0. The van der Waals surface area contributed by atoms with Crippen LogP contribution in [0.3, 0.4) is 0 Å². The number of aliphatic carboxylic acids is 1. The van der Waals surface area contributed by atoms with Gasteiger partial charge in [0.25, 0.3) is 0 Å². The Balaban J connectivity index is 3.14. The van der Waals surface area contributed by atoms with E-state index in [1.54, 1.807) is 6.92 Å². The number of hydrogen-bond donors (Lipinski definition) is 1. The van der Waals surface area contributed by atoms with Gasteiger partial charge in [-0.3, -0.25) is 0 Å². The van der Waals surface area contributed by atoms with E-state index in [4.69, 9.17) is 5.11 Å². The number of unbranched alkanes of at least 4 members (excludes halogenated alkanes) is 12. The van der Waals surface area contributed by atoms with Gasteiger partial charge in [-0.25, -0.2) is 4.79 Å². The molecule has 20 heavy (non-hydrogen) atoms. The summed E-state index contributed by atoms with van der Waals surface area (Å²) in [5, 5.41) is 8.70. The Hall–Kier alpha value is -0.790. The normalized spacial score (nSPS) is 11.8. The molecule has 0 aliphatic rings. The van der Waals surface area contributed by atoms with Crippen LogP contribution in [0.25, 0.3) is 0 Å². The van der Waals surface area contributed by atoms with E-state index in [0.29, 0.717) is 5.57 Å². The number of carboxylic acid groups (broad SMARTS) is 1. The van der Waals surface area contributed by atoms with Crippen LogP contribution in [-0.4, -0.2) is 11.1 Å². The Morgan fingerprint density at radius 3 is 1.60 bits per heavy atom. The molecule has 0 aromatic carbocycles. The largest absolute Gasteiger partial charge is 0.478 e. The summed E-state index contributed by atoms with van der Waals surface area (Å²) in [6.07, 6.45) is 18.9. The highest BCUT2D eigenvalue weighted by Gasteiger charge is 1.98. The van der Waals surface area contributed by atoms with E-state index in [0.717, 1.165) is 12.8 Å². The number of hydrogen-bond acceptors (Lipinski definition) is 1. The van der Waals surface area contributed by atoms with Gasteiger partial charge in [-0.15, -0.1) is 0 Å². The van der Waals surface area contributed by atoms with E-state index in [1.165, 1.54) is 70.6 Å². The maximum Gasteiger partial charge on any atom is 0.330 e. The highest BCUT2D eigenvalue weighted by molar-refractivity contribution is 5.85. The highest BCUT2D eigenvalue weighted by Crippen LogP contribution is 2.12. The Morgan fingerprint density at radius 2 is 1.20 bits per heavy atom. The van der Waals surface area contributed by atoms with Crippen molar-refractivity contribution in [2.24, 2.45) is 0 Å². The zero-order valence-corrected chi connectivity index (χ0v) is 13.6. The molecular formula is C18H34O2. The standard InChI is InChI=1S/C18H34O2/c1-3-4-5-6-7-8-9-10-11-12-13-14-15-16-17(2)18(19)20/h16H,3-15H2,1-2H3,(H,19,20). The van der Waals surface area contributed by atoms with Crippen molar-refractivity contribution < 1.29 is 9.90 Å². The van der Waals surface area contributed by atoms with Crippen molar-refractivity contribution in [3.05, 3.63) is 11.6 Å². The minimum Gasteiger partial charge on any atom is -0.478 e. The van der Waals surface area contributed by atoms with Gasteiger partial charge in [-0.1, -0.05) is 83.6 Å². The SMILES string of the molecule is CCCCCCCCCCCCCCC=C(C)C(=O)O. The van der Waals surface area contributed by atoms with Crippen LogP contribution in [0, 0.1) is 0 Å². The zero-order valence-electron chi connectivity index (χ0n) is 13.6. The Labute approximate surface area is 125 Å². The van der Waals surface area contributed by atoms with Crippen molar-refractivity contribution in [3.63, 3.8) is 0 Å². The van der Waals surface area contributed by atoms with Crippen LogP contribution >= 0.6 is 0 Å². The molecule has 0 aliphatic carbocycles. The molecule has 0 amide bonds. The molecule has 0 aromatic rings. The van der Waals surface area contributed by atoms with Gasteiger partial charge in [-0.2, -0.15) is 0 Å². The summed E-state index contributed by atoms with van der Waals surface area (Å²) in [7, 11) is 0. The van der Waals surface area contributed by atoms with Crippen molar-refractivity contribution in [2.45, 2.75) is 97.3 Å². The number of rotatable bonds is 14. The monoisotopic (exact) mass is 282 g/mol. The molecule has 1 N–H and O–H groups in total. The van der Waals surface area contributed by atoms with E-state index >= 15 is 0 Å². The van der Waals surface area contributed by atoms with Crippen LogP contribution in [0.4, 0.5) is 0 Å². The predicted octanol–water partition coefficient (Wildman–Crippen LogP) is 6.11. The van der Waals surface area contributed by atoms with Crippen LogP contribution < -0.4 is 0 Å². The zero-order chi connectivity index (χ0) is 15.1. The molecule has 0 atom stereocenters. The second-order valence-electron chi connectivity index (χ2n) is 5.87. The lowest BCUT2D eigenvalue weighted by atomic mass is 10.0. The number of carbonyl (C=O) groups is 1. The lowest BCUT2D eigenvalue weighted by Gasteiger charge is -2.02. The molecule has 0 rings (SSSR count). The van der Waals surface area contributed by atoms with Gasteiger partial charge in [0.15, 0.2) is 0 Å². The topological polar surface area (TPSA) is 37.3 Å². The molecule has 0 bridgehead atoms. The van der Waals surface area contributed by atoms with E-state index in [-0.39, 0.29) is 0 Å². The van der Waals surface area contributed by atoms with E-state index in [1.807, 2.05) is 6.08 Å². The van der Waals surface area contributed by atoms with Crippen molar-refractivity contribution in [1.82, 2.24) is 0 Å². The maximum atomic E-state index is 10.6. The summed E-state index contributed by atoms with van der Waals surface area (Å²) in [5.41, 5.74) is 0.480. The molecule has 0 aromatic heterocycles. The van der Waals surface area contributed by atoms with Crippen LogP contribution in [0.1, 0.15) is 97.3 Å². The second-order valence-corrected chi connectivity index (χ2v) is 5.87. The minimum absolute atomic E-state index is 0.480. The smallest absolute Gasteiger partial charge is 0.330 e. The molecule has 0 spiro atoms. The minimum atomic E-state index is -0.788. The Morgan fingerprint density at radius 1 is 0.800 bits per heavy atom. The summed E-state index contributed by atoms with van der Waals surface area (Å²) in [5.74, 6) is -0.788. The molecule has 118 valence electrons. The van der Waals surface area contributed by atoms with Gasteiger partial charge in [-0.05, 0) is 19.8 Å². The first-order valence-corrected chi connectivity index (χ1v) is 8.58. The fraction of sp³-hybridized carbons (Fsp3) is 0.833. The lowest BCUT2D eigenvalue weighted by molar-refractivity contribution is -0.132. The number of allylic oxidation sites excluding steroid dienone is 1. The maximum absolute atomic E-state index is 10.6. The highest BCUT2D eigenvalue weighted by atomic mass is 16.4. The predicted molar refractivity (Wildman–Crippen MR) is 87.1 cm³/mol. The Kier molecular flexibility index (Phi) is 14.0. The molecule has 0 saturated heterocycles. The average Bonchev–Trinajstić information content (AvgIpc) is 2.43. The molecular weight excluding hydrogens is 248 g/mol. The fourth-order valence-corrected chi connectivity index (χ4v) is 2.39. The molecule has 0 fully saturated rings. The van der Waals surface area contributed by atoms with E-state index in [9.17, 15) is 4.79 Å². The number of carboxylic acids is 1.